The minimum absolute atomic E-state index is 0.238. The first kappa shape index (κ1) is 8.72. The number of rotatable bonds is 1. The van der Waals surface area contributed by atoms with Gasteiger partial charge in [0.15, 0.2) is 11.0 Å². The lowest BCUT2D eigenvalue weighted by molar-refractivity contribution is 0.198. The van der Waals surface area contributed by atoms with Crippen LogP contribution in [0.5, 0.6) is 0 Å². The Hall–Kier alpha value is -0.870. The molecule has 1 fully saturated rings. The van der Waals surface area contributed by atoms with E-state index in [0.29, 0.717) is 11.7 Å². The molecule has 0 spiro atoms. The highest BCUT2D eigenvalue weighted by Gasteiger charge is 2.21. The second-order valence-corrected chi connectivity index (χ2v) is 3.49. The van der Waals surface area contributed by atoms with Gasteiger partial charge in [0, 0.05) is 13.1 Å². The van der Waals surface area contributed by atoms with Crippen molar-refractivity contribution in [3.8, 4) is 0 Å². The van der Waals surface area contributed by atoms with Crippen molar-refractivity contribution < 1.29 is 5.11 Å². The molecule has 0 bridgehead atoms. The Bertz CT molecular complexity index is 290. The molecule has 0 saturated carbocycles. The van der Waals surface area contributed by atoms with Crippen molar-refractivity contribution in [1.82, 2.24) is 10.2 Å². The van der Waals surface area contributed by atoms with E-state index in [-0.39, 0.29) is 6.10 Å². The van der Waals surface area contributed by atoms with Crippen LogP contribution >= 0.6 is 11.6 Å². The van der Waals surface area contributed by atoms with Crippen LogP contribution in [0.3, 0.4) is 0 Å². The summed E-state index contributed by atoms with van der Waals surface area (Å²) in [5.74, 6) is 0.779. The summed E-state index contributed by atoms with van der Waals surface area (Å²) in [6, 6.07) is 3.52. The molecule has 1 aliphatic heterocycles. The van der Waals surface area contributed by atoms with Gasteiger partial charge >= 0.3 is 0 Å². The van der Waals surface area contributed by atoms with Crippen LogP contribution in [0.15, 0.2) is 12.1 Å². The average Bonchev–Trinajstić information content (AvgIpc) is 2.53. The molecule has 2 rings (SSSR count). The van der Waals surface area contributed by atoms with Crippen molar-refractivity contribution in [2.24, 2.45) is 0 Å². The van der Waals surface area contributed by atoms with E-state index in [9.17, 15) is 5.11 Å². The molecule has 13 heavy (non-hydrogen) atoms. The fraction of sp³-hybridized carbons (Fsp3) is 0.500. The molecule has 0 aliphatic carbocycles. The highest BCUT2D eigenvalue weighted by molar-refractivity contribution is 6.29. The average molecular weight is 200 g/mol. The molecule has 1 aromatic rings. The van der Waals surface area contributed by atoms with Crippen LogP contribution in [0.25, 0.3) is 0 Å². The van der Waals surface area contributed by atoms with Gasteiger partial charge < -0.3 is 10.0 Å². The second-order valence-electron chi connectivity index (χ2n) is 3.10. The second kappa shape index (κ2) is 3.47. The van der Waals surface area contributed by atoms with Crippen molar-refractivity contribution >= 4 is 17.4 Å². The number of nitrogens with zero attached hydrogens (tertiary/aromatic N) is 3. The first-order valence-corrected chi connectivity index (χ1v) is 4.56. The first-order chi connectivity index (χ1) is 6.25. The summed E-state index contributed by atoms with van der Waals surface area (Å²) in [5, 5.41) is 17.4. The predicted molar refractivity (Wildman–Crippen MR) is 49.9 cm³/mol. The SMILES string of the molecule is OC1CCN(c2ccc(Cl)nn2)C1. The normalized spacial score (nSPS) is 22.3. The predicted octanol–water partition coefficient (Wildman–Crippen LogP) is 0.701. The lowest BCUT2D eigenvalue weighted by Gasteiger charge is -2.14. The molecular formula is C8H10ClN3O. The molecule has 2 heterocycles. The van der Waals surface area contributed by atoms with E-state index in [4.69, 9.17) is 11.6 Å². The topological polar surface area (TPSA) is 49.2 Å². The number of anilines is 1. The van der Waals surface area contributed by atoms with Crippen molar-refractivity contribution in [1.29, 1.82) is 0 Å². The minimum Gasteiger partial charge on any atom is -0.391 e. The Morgan fingerprint density at radius 1 is 1.46 bits per heavy atom. The number of aliphatic hydroxyl groups is 1. The first-order valence-electron chi connectivity index (χ1n) is 4.18. The van der Waals surface area contributed by atoms with E-state index in [1.165, 1.54) is 0 Å². The molecule has 0 amide bonds. The third-order valence-corrected chi connectivity index (χ3v) is 2.31. The number of hydrogen-bond donors (Lipinski definition) is 1. The van der Waals surface area contributed by atoms with Crippen LogP contribution in [0.4, 0.5) is 5.82 Å². The molecule has 5 heteroatoms. The van der Waals surface area contributed by atoms with Crippen LogP contribution in [0.2, 0.25) is 5.15 Å². The van der Waals surface area contributed by atoms with Gasteiger partial charge in [0.2, 0.25) is 0 Å². The van der Waals surface area contributed by atoms with Gasteiger partial charge in [-0.2, -0.15) is 0 Å². The molecule has 1 atom stereocenters. The fourth-order valence-electron chi connectivity index (χ4n) is 1.43. The molecular weight excluding hydrogens is 190 g/mol. The lowest BCUT2D eigenvalue weighted by Crippen LogP contribution is -2.22. The summed E-state index contributed by atoms with van der Waals surface area (Å²) in [7, 11) is 0. The fourth-order valence-corrected chi connectivity index (χ4v) is 1.53. The smallest absolute Gasteiger partial charge is 0.151 e. The van der Waals surface area contributed by atoms with Crippen LogP contribution in [-0.4, -0.2) is 34.5 Å². The van der Waals surface area contributed by atoms with Crippen molar-refractivity contribution in [2.75, 3.05) is 18.0 Å². The Kier molecular flexibility index (Phi) is 2.33. The largest absolute Gasteiger partial charge is 0.391 e. The molecule has 1 aliphatic rings. The van der Waals surface area contributed by atoms with Gasteiger partial charge in [0.1, 0.15) is 0 Å². The molecule has 0 aromatic carbocycles. The molecule has 0 radical (unpaired) electrons. The number of hydrogen-bond acceptors (Lipinski definition) is 4. The maximum absolute atomic E-state index is 9.30. The number of β-amino-alcohol motifs (C(OH)–C–C–N with tert-alkyl or cyclic N) is 1. The third-order valence-electron chi connectivity index (χ3n) is 2.11. The van der Waals surface area contributed by atoms with Crippen LogP contribution in [0.1, 0.15) is 6.42 Å². The molecule has 1 aromatic heterocycles. The van der Waals surface area contributed by atoms with E-state index in [1.807, 2.05) is 11.0 Å². The summed E-state index contributed by atoms with van der Waals surface area (Å²) >= 11 is 5.61. The number of aliphatic hydroxyl groups excluding tert-OH is 1. The van der Waals surface area contributed by atoms with Crippen molar-refractivity contribution in [3.63, 3.8) is 0 Å². The Morgan fingerprint density at radius 3 is 2.85 bits per heavy atom. The minimum atomic E-state index is -0.238. The monoisotopic (exact) mass is 199 g/mol. The molecule has 1 N–H and O–H groups in total. The van der Waals surface area contributed by atoms with Crippen LogP contribution < -0.4 is 4.90 Å². The number of aromatic nitrogens is 2. The maximum atomic E-state index is 9.30. The molecule has 4 nitrogen and oxygen atoms in total. The molecule has 1 unspecified atom stereocenters. The van der Waals surface area contributed by atoms with E-state index >= 15 is 0 Å². The van der Waals surface area contributed by atoms with E-state index in [2.05, 4.69) is 10.2 Å². The van der Waals surface area contributed by atoms with Gasteiger partial charge in [-0.15, -0.1) is 10.2 Å². The zero-order chi connectivity index (χ0) is 9.26. The third kappa shape index (κ3) is 1.89. The summed E-state index contributed by atoms with van der Waals surface area (Å²) in [5.41, 5.74) is 0. The highest BCUT2D eigenvalue weighted by atomic mass is 35.5. The Balaban J connectivity index is 2.13. The van der Waals surface area contributed by atoms with Gasteiger partial charge in [-0.05, 0) is 18.6 Å². The van der Waals surface area contributed by atoms with Crippen molar-refractivity contribution in [2.45, 2.75) is 12.5 Å². The van der Waals surface area contributed by atoms with Gasteiger partial charge in [-0.1, -0.05) is 11.6 Å². The summed E-state index contributed by atoms with van der Waals surface area (Å²) in [6.45, 7) is 1.47. The standard InChI is InChI=1S/C8H10ClN3O/c9-7-1-2-8(11-10-7)12-4-3-6(13)5-12/h1-2,6,13H,3-5H2. The van der Waals surface area contributed by atoms with Gasteiger partial charge in [-0.25, -0.2) is 0 Å². The Morgan fingerprint density at radius 2 is 2.31 bits per heavy atom. The van der Waals surface area contributed by atoms with E-state index in [1.54, 1.807) is 6.07 Å². The van der Waals surface area contributed by atoms with Crippen molar-refractivity contribution in [3.05, 3.63) is 17.3 Å². The van der Waals surface area contributed by atoms with Gasteiger partial charge in [0.25, 0.3) is 0 Å². The Labute approximate surface area is 81.2 Å². The quantitative estimate of drug-likeness (QED) is 0.724. The summed E-state index contributed by atoms with van der Waals surface area (Å²) in [4.78, 5) is 1.99. The van der Waals surface area contributed by atoms with E-state index in [0.717, 1.165) is 18.8 Å². The highest BCUT2D eigenvalue weighted by Crippen LogP contribution is 2.17. The van der Waals surface area contributed by atoms with Crippen LogP contribution in [-0.2, 0) is 0 Å². The number of halogens is 1. The molecule has 70 valence electrons. The van der Waals surface area contributed by atoms with Gasteiger partial charge in [-0.3, -0.25) is 0 Å². The summed E-state index contributed by atoms with van der Waals surface area (Å²) in [6.07, 6.45) is 0.557. The summed E-state index contributed by atoms with van der Waals surface area (Å²) < 4.78 is 0. The van der Waals surface area contributed by atoms with Gasteiger partial charge in [0.05, 0.1) is 6.10 Å². The van der Waals surface area contributed by atoms with E-state index < -0.39 is 0 Å². The zero-order valence-corrected chi connectivity index (χ0v) is 7.78. The lowest BCUT2D eigenvalue weighted by atomic mass is 10.3. The maximum Gasteiger partial charge on any atom is 0.151 e. The zero-order valence-electron chi connectivity index (χ0n) is 7.02. The van der Waals surface area contributed by atoms with Crippen LogP contribution in [0, 0.1) is 0 Å². The molecule has 1 saturated heterocycles.